The zero-order chi connectivity index (χ0) is 12.1. The average Bonchev–Trinajstić information content (AvgIpc) is 2.23. The molecule has 0 aromatic carbocycles. The summed E-state index contributed by atoms with van der Waals surface area (Å²) in [6.07, 6.45) is 1.26. The first-order valence-corrected chi connectivity index (χ1v) is 5.28. The Morgan fingerprint density at radius 2 is 1.94 bits per heavy atom. The first-order valence-electron chi connectivity index (χ1n) is 5.28. The normalized spacial score (nSPS) is 16.8. The Bertz CT molecular complexity index is 303. The SMILES string of the molecule is CN1CCN(CCCCC(=O)O)C(=O)C1=O. The molecule has 0 saturated carbocycles. The van der Waals surface area contributed by atoms with E-state index in [1.807, 2.05) is 0 Å². The van der Waals surface area contributed by atoms with E-state index in [0.29, 0.717) is 32.5 Å². The number of aliphatic carboxylic acids is 1. The van der Waals surface area contributed by atoms with Gasteiger partial charge in [0, 0.05) is 33.1 Å². The highest BCUT2D eigenvalue weighted by molar-refractivity contribution is 6.35. The monoisotopic (exact) mass is 228 g/mol. The Hall–Kier alpha value is -1.59. The van der Waals surface area contributed by atoms with Crippen LogP contribution >= 0.6 is 0 Å². The summed E-state index contributed by atoms with van der Waals surface area (Å²) >= 11 is 0. The molecule has 6 heteroatoms. The lowest BCUT2D eigenvalue weighted by Gasteiger charge is -2.31. The third kappa shape index (κ3) is 3.22. The number of carbonyl (C=O) groups excluding carboxylic acids is 2. The molecule has 1 aliphatic heterocycles. The van der Waals surface area contributed by atoms with Crippen molar-refractivity contribution in [3.63, 3.8) is 0 Å². The molecule has 1 N–H and O–H groups in total. The van der Waals surface area contributed by atoms with Gasteiger partial charge in [-0.05, 0) is 12.8 Å². The Morgan fingerprint density at radius 3 is 2.56 bits per heavy atom. The summed E-state index contributed by atoms with van der Waals surface area (Å²) in [6.45, 7) is 1.54. The molecule has 2 amide bonds. The number of likely N-dealkylation sites (N-methyl/N-ethyl adjacent to an activating group) is 1. The van der Waals surface area contributed by atoms with E-state index in [0.717, 1.165) is 0 Å². The first kappa shape index (κ1) is 12.5. The van der Waals surface area contributed by atoms with E-state index in [2.05, 4.69) is 0 Å². The molecular formula is C10H16N2O4. The molecule has 0 aliphatic carbocycles. The van der Waals surface area contributed by atoms with E-state index in [9.17, 15) is 14.4 Å². The second-order valence-corrected chi connectivity index (χ2v) is 3.87. The van der Waals surface area contributed by atoms with Gasteiger partial charge in [0.05, 0.1) is 0 Å². The third-order valence-electron chi connectivity index (χ3n) is 2.59. The molecule has 0 radical (unpaired) electrons. The Labute approximate surface area is 93.8 Å². The number of hydrogen-bond acceptors (Lipinski definition) is 3. The first-order chi connectivity index (χ1) is 7.52. The molecule has 6 nitrogen and oxygen atoms in total. The van der Waals surface area contributed by atoms with Gasteiger partial charge in [-0.3, -0.25) is 14.4 Å². The third-order valence-corrected chi connectivity index (χ3v) is 2.59. The van der Waals surface area contributed by atoms with E-state index in [-0.39, 0.29) is 6.42 Å². The van der Waals surface area contributed by atoms with Crippen molar-refractivity contribution in [2.24, 2.45) is 0 Å². The lowest BCUT2D eigenvalue weighted by atomic mass is 10.2. The van der Waals surface area contributed by atoms with Crippen LogP contribution < -0.4 is 0 Å². The van der Waals surface area contributed by atoms with E-state index < -0.39 is 17.8 Å². The van der Waals surface area contributed by atoms with Crippen LogP contribution in [0.5, 0.6) is 0 Å². The molecule has 0 spiro atoms. The molecule has 0 bridgehead atoms. The average molecular weight is 228 g/mol. The number of carboxylic acids is 1. The molecule has 1 saturated heterocycles. The Morgan fingerprint density at radius 1 is 1.25 bits per heavy atom. The molecule has 1 aliphatic rings. The molecule has 16 heavy (non-hydrogen) atoms. The molecule has 1 fully saturated rings. The van der Waals surface area contributed by atoms with Crippen molar-refractivity contribution in [2.45, 2.75) is 19.3 Å². The lowest BCUT2D eigenvalue weighted by Crippen LogP contribution is -2.52. The number of piperazine rings is 1. The molecule has 90 valence electrons. The minimum atomic E-state index is -0.833. The maximum atomic E-state index is 11.5. The van der Waals surface area contributed by atoms with Crippen LogP contribution in [0, 0.1) is 0 Å². The maximum absolute atomic E-state index is 11.5. The molecule has 1 heterocycles. The van der Waals surface area contributed by atoms with Gasteiger partial charge in [0.1, 0.15) is 0 Å². The van der Waals surface area contributed by atoms with Gasteiger partial charge in [0.2, 0.25) is 0 Å². The van der Waals surface area contributed by atoms with Crippen molar-refractivity contribution in [1.82, 2.24) is 9.80 Å². The van der Waals surface area contributed by atoms with Crippen LogP contribution in [0.2, 0.25) is 0 Å². The molecule has 0 unspecified atom stereocenters. The number of rotatable bonds is 5. The van der Waals surface area contributed by atoms with Gasteiger partial charge in [-0.25, -0.2) is 0 Å². The summed E-state index contributed by atoms with van der Waals surface area (Å²) in [5.41, 5.74) is 0. The van der Waals surface area contributed by atoms with Crippen LogP contribution in [0.1, 0.15) is 19.3 Å². The van der Waals surface area contributed by atoms with Crippen LogP contribution in [0.3, 0.4) is 0 Å². The van der Waals surface area contributed by atoms with E-state index in [1.165, 1.54) is 9.80 Å². The summed E-state index contributed by atoms with van der Waals surface area (Å²) in [4.78, 5) is 36.0. The van der Waals surface area contributed by atoms with Crippen molar-refractivity contribution in [1.29, 1.82) is 0 Å². The second-order valence-electron chi connectivity index (χ2n) is 3.87. The van der Waals surface area contributed by atoms with E-state index in [1.54, 1.807) is 7.05 Å². The van der Waals surface area contributed by atoms with Crippen molar-refractivity contribution in [3.05, 3.63) is 0 Å². The smallest absolute Gasteiger partial charge is 0.312 e. The summed E-state index contributed by atoms with van der Waals surface area (Å²) in [5, 5.41) is 8.44. The standard InChI is InChI=1S/C10H16N2O4/c1-11-6-7-12(10(16)9(11)15)5-3-2-4-8(13)14/h2-7H2,1H3,(H,13,14). The van der Waals surface area contributed by atoms with E-state index >= 15 is 0 Å². The second kappa shape index (κ2) is 5.48. The summed E-state index contributed by atoms with van der Waals surface area (Å²) in [6, 6.07) is 0. The van der Waals surface area contributed by atoms with Crippen LogP contribution in [-0.4, -0.2) is 59.4 Å². The fourth-order valence-corrected chi connectivity index (χ4v) is 1.56. The predicted octanol–water partition coefficient (Wildman–Crippen LogP) is -0.458. The number of amides is 2. The molecular weight excluding hydrogens is 212 g/mol. The van der Waals surface area contributed by atoms with Gasteiger partial charge in [-0.1, -0.05) is 0 Å². The van der Waals surface area contributed by atoms with Crippen LogP contribution in [0.4, 0.5) is 0 Å². The van der Waals surface area contributed by atoms with Crippen molar-refractivity contribution in [2.75, 3.05) is 26.7 Å². The van der Waals surface area contributed by atoms with Gasteiger partial charge >= 0.3 is 17.8 Å². The fraction of sp³-hybridized carbons (Fsp3) is 0.700. The number of hydrogen-bond donors (Lipinski definition) is 1. The minimum Gasteiger partial charge on any atom is -0.481 e. The lowest BCUT2D eigenvalue weighted by molar-refractivity contribution is -0.155. The van der Waals surface area contributed by atoms with Gasteiger partial charge in [-0.2, -0.15) is 0 Å². The number of carboxylic acid groups (broad SMARTS) is 1. The predicted molar refractivity (Wildman–Crippen MR) is 55.7 cm³/mol. The molecule has 0 atom stereocenters. The van der Waals surface area contributed by atoms with Gasteiger partial charge in [0.15, 0.2) is 0 Å². The van der Waals surface area contributed by atoms with Gasteiger partial charge in [-0.15, -0.1) is 0 Å². The summed E-state index contributed by atoms with van der Waals surface area (Å²) in [5.74, 6) is -1.80. The fourth-order valence-electron chi connectivity index (χ4n) is 1.56. The number of unbranched alkanes of at least 4 members (excludes halogenated alkanes) is 1. The summed E-state index contributed by atoms with van der Waals surface area (Å²) < 4.78 is 0. The Balaban J connectivity index is 2.30. The molecule has 0 aromatic heterocycles. The highest BCUT2D eigenvalue weighted by Gasteiger charge is 2.29. The molecule has 0 aromatic rings. The largest absolute Gasteiger partial charge is 0.481 e. The van der Waals surface area contributed by atoms with Crippen LogP contribution in [0.15, 0.2) is 0 Å². The van der Waals surface area contributed by atoms with E-state index in [4.69, 9.17) is 5.11 Å². The highest BCUT2D eigenvalue weighted by Crippen LogP contribution is 2.05. The minimum absolute atomic E-state index is 0.107. The van der Waals surface area contributed by atoms with Crippen LogP contribution in [0.25, 0.3) is 0 Å². The highest BCUT2D eigenvalue weighted by atomic mass is 16.4. The maximum Gasteiger partial charge on any atom is 0.312 e. The summed E-state index contributed by atoms with van der Waals surface area (Å²) in [7, 11) is 1.60. The number of nitrogens with zero attached hydrogens (tertiary/aromatic N) is 2. The van der Waals surface area contributed by atoms with Crippen molar-refractivity contribution < 1.29 is 19.5 Å². The quantitative estimate of drug-likeness (QED) is 0.510. The van der Waals surface area contributed by atoms with Gasteiger partial charge in [0.25, 0.3) is 0 Å². The zero-order valence-electron chi connectivity index (χ0n) is 9.31. The van der Waals surface area contributed by atoms with Crippen LogP contribution in [-0.2, 0) is 14.4 Å². The van der Waals surface area contributed by atoms with Crippen molar-refractivity contribution >= 4 is 17.8 Å². The van der Waals surface area contributed by atoms with Gasteiger partial charge < -0.3 is 14.9 Å². The Kier molecular flexibility index (Phi) is 4.28. The molecule has 1 rings (SSSR count). The topological polar surface area (TPSA) is 77.9 Å². The number of carbonyl (C=O) groups is 3. The van der Waals surface area contributed by atoms with Crippen molar-refractivity contribution in [3.8, 4) is 0 Å². The zero-order valence-corrected chi connectivity index (χ0v) is 9.31.